The number of amides is 1. The minimum Gasteiger partial charge on any atom is -0.316 e. The van der Waals surface area contributed by atoms with Crippen molar-refractivity contribution in [3.63, 3.8) is 0 Å². The molecule has 1 fully saturated rings. The van der Waals surface area contributed by atoms with Crippen LogP contribution in [0, 0.1) is 11.8 Å². The molecule has 1 amide bonds. The lowest BCUT2D eigenvalue weighted by Crippen LogP contribution is -2.38. The van der Waals surface area contributed by atoms with Gasteiger partial charge < -0.3 is 5.32 Å². The first-order chi connectivity index (χ1) is 4.75. The zero-order valence-corrected chi connectivity index (χ0v) is 6.05. The molecule has 0 radical (unpaired) electrons. The van der Waals surface area contributed by atoms with Crippen LogP contribution in [0.4, 0.5) is 0 Å². The fraction of sp³-hybridized carbons (Fsp3) is 0.833. The van der Waals surface area contributed by atoms with E-state index in [0.717, 1.165) is 13.1 Å². The van der Waals surface area contributed by atoms with Crippen molar-refractivity contribution in [3.8, 4) is 0 Å². The first-order valence-corrected chi connectivity index (χ1v) is 3.47. The predicted octanol–water partition coefficient (Wildman–Crippen LogP) is -1.17. The van der Waals surface area contributed by atoms with Gasteiger partial charge in [0.15, 0.2) is 0 Å². The Hall–Kier alpha value is -0.610. The Labute approximate surface area is 60.1 Å². The van der Waals surface area contributed by atoms with Crippen LogP contribution in [0.2, 0.25) is 0 Å². The molecule has 4 nitrogen and oxygen atoms in total. The summed E-state index contributed by atoms with van der Waals surface area (Å²) in [6.07, 6.45) is 0. The van der Waals surface area contributed by atoms with Gasteiger partial charge in [0.05, 0.1) is 5.92 Å². The molecule has 1 aliphatic heterocycles. The maximum atomic E-state index is 10.9. The van der Waals surface area contributed by atoms with Crippen molar-refractivity contribution in [2.45, 2.75) is 6.92 Å². The molecule has 1 aliphatic rings. The fourth-order valence-corrected chi connectivity index (χ4v) is 1.27. The average molecular weight is 143 g/mol. The van der Waals surface area contributed by atoms with Gasteiger partial charge in [-0.1, -0.05) is 6.92 Å². The Bertz CT molecular complexity index is 137. The predicted molar refractivity (Wildman–Crippen MR) is 37.9 cm³/mol. The minimum atomic E-state index is -0.0579. The highest BCUT2D eigenvalue weighted by molar-refractivity contribution is 5.78. The van der Waals surface area contributed by atoms with Gasteiger partial charge in [0.25, 0.3) is 0 Å². The SMILES string of the molecule is C[C@@H]1CNC[C@H]1C(=O)NN. The van der Waals surface area contributed by atoms with E-state index < -0.39 is 0 Å². The van der Waals surface area contributed by atoms with E-state index >= 15 is 0 Å². The monoisotopic (exact) mass is 143 g/mol. The second kappa shape index (κ2) is 2.98. The maximum Gasteiger partial charge on any atom is 0.238 e. The summed E-state index contributed by atoms with van der Waals surface area (Å²) in [5.74, 6) is 5.40. The van der Waals surface area contributed by atoms with Gasteiger partial charge in [0.1, 0.15) is 0 Å². The first-order valence-electron chi connectivity index (χ1n) is 3.47. The summed E-state index contributed by atoms with van der Waals surface area (Å²) in [5, 5.41) is 3.12. The molecule has 1 rings (SSSR count). The highest BCUT2D eigenvalue weighted by Gasteiger charge is 2.28. The van der Waals surface area contributed by atoms with Crippen molar-refractivity contribution in [2.24, 2.45) is 17.7 Å². The summed E-state index contributed by atoms with van der Waals surface area (Å²) in [5.41, 5.74) is 2.16. The first kappa shape index (κ1) is 7.50. The minimum absolute atomic E-state index is 0.0579. The molecule has 0 spiro atoms. The smallest absolute Gasteiger partial charge is 0.238 e. The Balaban J connectivity index is 2.46. The number of rotatable bonds is 1. The van der Waals surface area contributed by atoms with Crippen molar-refractivity contribution in [3.05, 3.63) is 0 Å². The zero-order valence-electron chi connectivity index (χ0n) is 6.05. The molecule has 58 valence electrons. The van der Waals surface area contributed by atoms with Crippen LogP contribution in [0.5, 0.6) is 0 Å². The van der Waals surface area contributed by atoms with E-state index in [4.69, 9.17) is 5.84 Å². The van der Waals surface area contributed by atoms with Crippen LogP contribution in [-0.2, 0) is 4.79 Å². The highest BCUT2D eigenvalue weighted by Crippen LogP contribution is 2.14. The van der Waals surface area contributed by atoms with Crippen LogP contribution in [-0.4, -0.2) is 19.0 Å². The number of carbonyl (C=O) groups excluding carboxylic acids is 1. The second-order valence-corrected chi connectivity index (χ2v) is 2.75. The topological polar surface area (TPSA) is 67.2 Å². The third-order valence-corrected chi connectivity index (χ3v) is 2.00. The normalized spacial score (nSPS) is 32.2. The van der Waals surface area contributed by atoms with Gasteiger partial charge in [-0.3, -0.25) is 10.2 Å². The molecule has 0 aromatic carbocycles. The lowest BCUT2D eigenvalue weighted by atomic mass is 9.98. The van der Waals surface area contributed by atoms with E-state index in [1.165, 1.54) is 0 Å². The highest BCUT2D eigenvalue weighted by atomic mass is 16.2. The number of hydrogen-bond donors (Lipinski definition) is 3. The molecule has 10 heavy (non-hydrogen) atoms. The molecule has 0 aliphatic carbocycles. The molecule has 0 unspecified atom stereocenters. The fourth-order valence-electron chi connectivity index (χ4n) is 1.27. The van der Waals surface area contributed by atoms with E-state index in [9.17, 15) is 4.79 Å². The van der Waals surface area contributed by atoms with Crippen LogP contribution in [0.1, 0.15) is 6.92 Å². The van der Waals surface area contributed by atoms with Gasteiger partial charge in [-0.15, -0.1) is 0 Å². The Morgan fingerprint density at radius 1 is 1.70 bits per heavy atom. The molecule has 4 N–H and O–H groups in total. The molecule has 2 atom stereocenters. The Morgan fingerprint density at radius 3 is 2.80 bits per heavy atom. The van der Waals surface area contributed by atoms with E-state index in [-0.39, 0.29) is 11.8 Å². The van der Waals surface area contributed by atoms with Crippen molar-refractivity contribution in [1.82, 2.24) is 10.7 Å². The summed E-state index contributed by atoms with van der Waals surface area (Å²) >= 11 is 0. The molecule has 4 heteroatoms. The quantitative estimate of drug-likeness (QED) is 0.246. The van der Waals surface area contributed by atoms with Gasteiger partial charge in [0.2, 0.25) is 5.91 Å². The zero-order chi connectivity index (χ0) is 7.56. The van der Waals surface area contributed by atoms with Crippen molar-refractivity contribution >= 4 is 5.91 Å². The van der Waals surface area contributed by atoms with Crippen LogP contribution in [0.25, 0.3) is 0 Å². The molecule has 0 aromatic heterocycles. The summed E-state index contributed by atoms with van der Waals surface area (Å²) in [6.45, 7) is 3.71. The Morgan fingerprint density at radius 2 is 2.40 bits per heavy atom. The second-order valence-electron chi connectivity index (χ2n) is 2.75. The van der Waals surface area contributed by atoms with E-state index in [1.807, 2.05) is 6.92 Å². The van der Waals surface area contributed by atoms with Gasteiger partial charge in [-0.25, -0.2) is 5.84 Å². The lowest BCUT2D eigenvalue weighted by Gasteiger charge is -2.10. The molecule has 0 bridgehead atoms. The molecule has 1 heterocycles. The van der Waals surface area contributed by atoms with Crippen molar-refractivity contribution in [1.29, 1.82) is 0 Å². The van der Waals surface area contributed by atoms with Crippen LogP contribution in [0.15, 0.2) is 0 Å². The summed E-state index contributed by atoms with van der Waals surface area (Å²) in [6, 6.07) is 0. The standard InChI is InChI=1S/C6H13N3O/c1-4-2-8-3-5(4)6(10)9-7/h4-5,8H,2-3,7H2,1H3,(H,9,10)/t4-,5-/m1/s1. The molecular weight excluding hydrogens is 130 g/mol. The summed E-state index contributed by atoms with van der Waals surface area (Å²) in [4.78, 5) is 10.9. The number of nitrogens with two attached hydrogens (primary N) is 1. The number of carbonyl (C=O) groups is 1. The van der Waals surface area contributed by atoms with Gasteiger partial charge in [-0.05, 0) is 12.5 Å². The van der Waals surface area contributed by atoms with Gasteiger partial charge >= 0.3 is 0 Å². The van der Waals surface area contributed by atoms with Crippen LogP contribution in [0.3, 0.4) is 0 Å². The third-order valence-electron chi connectivity index (χ3n) is 2.00. The Kier molecular flexibility index (Phi) is 2.24. The molecule has 0 saturated carbocycles. The third kappa shape index (κ3) is 1.27. The van der Waals surface area contributed by atoms with E-state index in [2.05, 4.69) is 10.7 Å². The van der Waals surface area contributed by atoms with Crippen molar-refractivity contribution in [2.75, 3.05) is 13.1 Å². The molecule has 0 aromatic rings. The lowest BCUT2D eigenvalue weighted by molar-refractivity contribution is -0.125. The van der Waals surface area contributed by atoms with E-state index in [0.29, 0.717) is 5.92 Å². The summed E-state index contributed by atoms with van der Waals surface area (Å²) < 4.78 is 0. The van der Waals surface area contributed by atoms with Gasteiger partial charge in [0, 0.05) is 6.54 Å². The molecule has 1 saturated heterocycles. The largest absolute Gasteiger partial charge is 0.316 e. The molecular formula is C6H13N3O. The van der Waals surface area contributed by atoms with Crippen LogP contribution < -0.4 is 16.6 Å². The summed E-state index contributed by atoms with van der Waals surface area (Å²) in [7, 11) is 0. The van der Waals surface area contributed by atoms with Crippen LogP contribution >= 0.6 is 0 Å². The average Bonchev–Trinajstić information content (AvgIpc) is 2.34. The van der Waals surface area contributed by atoms with E-state index in [1.54, 1.807) is 0 Å². The van der Waals surface area contributed by atoms with Gasteiger partial charge in [-0.2, -0.15) is 0 Å². The maximum absolute atomic E-state index is 10.9. The number of hydrazine groups is 1. The van der Waals surface area contributed by atoms with Crippen molar-refractivity contribution < 1.29 is 4.79 Å². The number of nitrogens with one attached hydrogen (secondary N) is 2. The number of hydrogen-bond acceptors (Lipinski definition) is 3.